The average Bonchev–Trinajstić information content (AvgIpc) is 2.40. The molecule has 2 aromatic rings. The smallest absolute Gasteiger partial charge is 0.255 e. The molecule has 0 aliphatic heterocycles. The van der Waals surface area contributed by atoms with E-state index >= 15 is 0 Å². The molecule has 6 heteroatoms. The van der Waals surface area contributed by atoms with Crippen molar-refractivity contribution in [2.75, 3.05) is 0 Å². The van der Waals surface area contributed by atoms with Crippen LogP contribution in [0, 0.1) is 11.6 Å². The third-order valence-electron chi connectivity index (χ3n) is 2.48. The number of carbonyl (C=O) groups excluding carboxylic acids is 1. The van der Waals surface area contributed by atoms with Crippen LogP contribution >= 0.6 is 0 Å². The zero-order valence-electron chi connectivity index (χ0n) is 9.73. The van der Waals surface area contributed by atoms with Gasteiger partial charge in [0.2, 0.25) is 0 Å². The molecule has 0 unspecified atom stereocenters. The van der Waals surface area contributed by atoms with E-state index in [4.69, 9.17) is 0 Å². The second kappa shape index (κ2) is 5.43. The lowest BCUT2D eigenvalue weighted by molar-refractivity contribution is 0.0948. The monoisotopic (exact) mass is 264 g/mol. The summed E-state index contributed by atoms with van der Waals surface area (Å²) < 4.78 is 25.7. The average molecular weight is 264 g/mol. The molecule has 1 aromatic carbocycles. The van der Waals surface area contributed by atoms with Crippen LogP contribution in [0.1, 0.15) is 15.9 Å². The Morgan fingerprint density at radius 1 is 1.26 bits per heavy atom. The standard InChI is InChI=1S/C13H10F2N2O2/c14-10-2-1-8(5-11(10)15)6-17-13(19)9-3-4-16-7-12(9)18/h1-5,7,18H,6H2,(H,17,19). The number of hydrogen-bond donors (Lipinski definition) is 2. The molecule has 0 atom stereocenters. The number of nitrogens with zero attached hydrogens (tertiary/aromatic N) is 1. The van der Waals surface area contributed by atoms with E-state index in [9.17, 15) is 18.7 Å². The molecule has 4 nitrogen and oxygen atoms in total. The first kappa shape index (κ1) is 12.9. The van der Waals surface area contributed by atoms with Crippen molar-refractivity contribution < 1.29 is 18.7 Å². The van der Waals surface area contributed by atoms with Crippen molar-refractivity contribution in [2.24, 2.45) is 0 Å². The predicted molar refractivity (Wildman–Crippen MR) is 63.4 cm³/mol. The summed E-state index contributed by atoms with van der Waals surface area (Å²) in [6.07, 6.45) is 2.51. The number of aromatic hydroxyl groups is 1. The Labute approximate surface area is 107 Å². The molecule has 0 aliphatic rings. The molecule has 0 radical (unpaired) electrons. The van der Waals surface area contributed by atoms with Crippen LogP contribution in [0.15, 0.2) is 36.7 Å². The Morgan fingerprint density at radius 2 is 2.05 bits per heavy atom. The minimum absolute atomic E-state index is 0.0256. The van der Waals surface area contributed by atoms with E-state index in [1.165, 1.54) is 18.3 Å². The van der Waals surface area contributed by atoms with E-state index < -0.39 is 17.5 Å². The highest BCUT2D eigenvalue weighted by molar-refractivity contribution is 5.96. The number of aromatic nitrogens is 1. The molecule has 0 saturated heterocycles. The Kier molecular flexibility index (Phi) is 3.70. The summed E-state index contributed by atoms with van der Waals surface area (Å²) in [5.74, 6) is -2.68. The van der Waals surface area contributed by atoms with Gasteiger partial charge in [0.1, 0.15) is 5.75 Å². The Morgan fingerprint density at radius 3 is 2.74 bits per heavy atom. The second-order valence-corrected chi connectivity index (χ2v) is 3.82. The number of rotatable bonds is 3. The number of carbonyl (C=O) groups is 1. The molecule has 0 aliphatic carbocycles. The number of halogens is 2. The zero-order valence-corrected chi connectivity index (χ0v) is 9.73. The van der Waals surface area contributed by atoms with Crippen molar-refractivity contribution in [1.29, 1.82) is 0 Å². The van der Waals surface area contributed by atoms with Crippen LogP contribution in [0.5, 0.6) is 5.75 Å². The molecule has 1 amide bonds. The molecular formula is C13H10F2N2O2. The summed E-state index contributed by atoms with van der Waals surface area (Å²) in [6.45, 7) is 0.0256. The van der Waals surface area contributed by atoms with Crippen LogP contribution in [0.2, 0.25) is 0 Å². The molecular weight excluding hydrogens is 254 g/mol. The van der Waals surface area contributed by atoms with Gasteiger partial charge in [0.15, 0.2) is 11.6 Å². The largest absolute Gasteiger partial charge is 0.505 e. The van der Waals surface area contributed by atoms with Crippen LogP contribution in [-0.4, -0.2) is 16.0 Å². The summed E-state index contributed by atoms with van der Waals surface area (Å²) in [5.41, 5.74) is 0.485. The number of amides is 1. The SMILES string of the molecule is O=C(NCc1ccc(F)c(F)c1)c1ccncc1O. The fourth-order valence-electron chi connectivity index (χ4n) is 1.51. The minimum Gasteiger partial charge on any atom is -0.505 e. The number of nitrogens with one attached hydrogen (secondary N) is 1. The van der Waals surface area contributed by atoms with Gasteiger partial charge in [0.05, 0.1) is 11.8 Å². The normalized spacial score (nSPS) is 10.2. The molecule has 19 heavy (non-hydrogen) atoms. The van der Waals surface area contributed by atoms with Crippen molar-refractivity contribution in [1.82, 2.24) is 10.3 Å². The molecule has 0 fully saturated rings. The Bertz CT molecular complexity index is 617. The van der Waals surface area contributed by atoms with Crippen LogP contribution in [-0.2, 0) is 6.54 Å². The van der Waals surface area contributed by atoms with Gasteiger partial charge in [0, 0.05) is 12.7 Å². The van der Waals surface area contributed by atoms with Gasteiger partial charge in [-0.25, -0.2) is 8.78 Å². The highest BCUT2D eigenvalue weighted by atomic mass is 19.2. The van der Waals surface area contributed by atoms with E-state index in [0.717, 1.165) is 18.3 Å². The van der Waals surface area contributed by atoms with Gasteiger partial charge in [-0.1, -0.05) is 6.07 Å². The Hall–Kier alpha value is -2.50. The molecule has 1 heterocycles. The van der Waals surface area contributed by atoms with Crippen LogP contribution in [0.25, 0.3) is 0 Å². The third-order valence-corrected chi connectivity index (χ3v) is 2.48. The van der Waals surface area contributed by atoms with E-state index in [-0.39, 0.29) is 17.9 Å². The lowest BCUT2D eigenvalue weighted by Gasteiger charge is -2.06. The van der Waals surface area contributed by atoms with Crippen molar-refractivity contribution in [3.8, 4) is 5.75 Å². The number of benzene rings is 1. The maximum Gasteiger partial charge on any atom is 0.255 e. The first-order valence-electron chi connectivity index (χ1n) is 5.43. The first-order valence-corrected chi connectivity index (χ1v) is 5.43. The predicted octanol–water partition coefficient (Wildman–Crippen LogP) is 2.00. The van der Waals surface area contributed by atoms with Crippen molar-refractivity contribution >= 4 is 5.91 Å². The number of hydrogen-bond acceptors (Lipinski definition) is 3. The van der Waals surface area contributed by atoms with Crippen LogP contribution in [0.3, 0.4) is 0 Å². The summed E-state index contributed by atoms with van der Waals surface area (Å²) in [4.78, 5) is 15.4. The summed E-state index contributed by atoms with van der Waals surface area (Å²) in [5, 5.41) is 11.9. The van der Waals surface area contributed by atoms with E-state index in [0.29, 0.717) is 5.56 Å². The summed E-state index contributed by atoms with van der Waals surface area (Å²) in [7, 11) is 0. The summed E-state index contributed by atoms with van der Waals surface area (Å²) >= 11 is 0. The maximum absolute atomic E-state index is 13.0. The van der Waals surface area contributed by atoms with Gasteiger partial charge in [-0.05, 0) is 23.8 Å². The van der Waals surface area contributed by atoms with Gasteiger partial charge in [0.25, 0.3) is 5.91 Å². The van der Waals surface area contributed by atoms with Gasteiger partial charge < -0.3 is 10.4 Å². The fourth-order valence-corrected chi connectivity index (χ4v) is 1.51. The topological polar surface area (TPSA) is 62.2 Å². The zero-order chi connectivity index (χ0) is 13.8. The number of pyridine rings is 1. The summed E-state index contributed by atoms with van der Waals surface area (Å²) in [6, 6.07) is 4.71. The lowest BCUT2D eigenvalue weighted by Crippen LogP contribution is -2.23. The molecule has 1 aromatic heterocycles. The minimum atomic E-state index is -0.974. The lowest BCUT2D eigenvalue weighted by atomic mass is 10.2. The molecule has 0 saturated carbocycles. The Balaban J connectivity index is 2.04. The second-order valence-electron chi connectivity index (χ2n) is 3.82. The van der Waals surface area contributed by atoms with E-state index in [1.807, 2.05) is 0 Å². The molecule has 2 N–H and O–H groups in total. The molecule has 0 bridgehead atoms. The van der Waals surface area contributed by atoms with Crippen LogP contribution < -0.4 is 5.32 Å². The quantitative estimate of drug-likeness (QED) is 0.891. The fraction of sp³-hybridized carbons (Fsp3) is 0.0769. The van der Waals surface area contributed by atoms with E-state index in [1.54, 1.807) is 0 Å². The molecule has 2 rings (SSSR count). The third kappa shape index (κ3) is 3.04. The van der Waals surface area contributed by atoms with Gasteiger partial charge >= 0.3 is 0 Å². The highest BCUT2D eigenvalue weighted by Crippen LogP contribution is 2.14. The van der Waals surface area contributed by atoms with Gasteiger partial charge in [-0.15, -0.1) is 0 Å². The van der Waals surface area contributed by atoms with Crippen LogP contribution in [0.4, 0.5) is 8.78 Å². The van der Waals surface area contributed by atoms with Gasteiger partial charge in [-0.2, -0.15) is 0 Å². The van der Waals surface area contributed by atoms with Gasteiger partial charge in [-0.3, -0.25) is 9.78 Å². The molecule has 0 spiro atoms. The van der Waals surface area contributed by atoms with Crippen molar-refractivity contribution in [2.45, 2.75) is 6.54 Å². The highest BCUT2D eigenvalue weighted by Gasteiger charge is 2.10. The molecule has 98 valence electrons. The van der Waals surface area contributed by atoms with E-state index in [2.05, 4.69) is 10.3 Å². The first-order chi connectivity index (χ1) is 9.08. The van der Waals surface area contributed by atoms with Crippen molar-refractivity contribution in [3.63, 3.8) is 0 Å². The maximum atomic E-state index is 13.0. The van der Waals surface area contributed by atoms with Crippen molar-refractivity contribution in [3.05, 3.63) is 59.4 Å².